The van der Waals surface area contributed by atoms with Gasteiger partial charge in [0.25, 0.3) is 0 Å². The predicted octanol–water partition coefficient (Wildman–Crippen LogP) is 1.99. The van der Waals surface area contributed by atoms with Crippen molar-refractivity contribution in [3.05, 3.63) is 53.3 Å². The molecular weight excluding hydrogens is 404 g/mol. The summed E-state index contributed by atoms with van der Waals surface area (Å²) in [7, 11) is 1.19. The number of oxazole rings is 1. The maximum atomic E-state index is 11.4. The van der Waals surface area contributed by atoms with Crippen molar-refractivity contribution in [1.29, 1.82) is 0 Å². The number of halogens is 1. The number of fused-ring (bicyclic) bond motifs is 2. The lowest BCUT2D eigenvalue weighted by atomic mass is 10.2. The molecule has 0 atom stereocenters. The molecule has 3 heterocycles. The van der Waals surface area contributed by atoms with Gasteiger partial charge in [-0.15, -0.1) is 5.10 Å². The second-order valence-electron chi connectivity index (χ2n) is 5.67. The van der Waals surface area contributed by atoms with E-state index in [-0.39, 0.29) is 17.0 Å². The van der Waals surface area contributed by atoms with E-state index in [1.54, 1.807) is 0 Å². The average Bonchev–Trinajstić information content (AvgIpc) is 3.32. The van der Waals surface area contributed by atoms with Crippen molar-refractivity contribution in [2.75, 3.05) is 7.11 Å². The number of carboxylic acids is 1. The third kappa shape index (κ3) is 4.47. The SMILES string of the molecule is COC(=O)c1cc(C(=O)O)nc2cnnn12.Cc1nc2cc(CNCl)ccc2o1. The number of aromatic carboxylic acids is 1. The van der Waals surface area contributed by atoms with Crippen molar-refractivity contribution in [3.63, 3.8) is 0 Å². The number of ether oxygens (including phenoxy) is 1. The zero-order valence-corrected chi connectivity index (χ0v) is 16.0. The Morgan fingerprint density at radius 2 is 2.10 bits per heavy atom. The van der Waals surface area contributed by atoms with Crippen LogP contribution in [0.1, 0.15) is 32.4 Å². The zero-order chi connectivity index (χ0) is 21.0. The predicted molar refractivity (Wildman–Crippen MR) is 101 cm³/mol. The number of aromatic nitrogens is 5. The minimum Gasteiger partial charge on any atom is -0.477 e. The van der Waals surface area contributed by atoms with Crippen molar-refractivity contribution in [3.8, 4) is 0 Å². The summed E-state index contributed by atoms with van der Waals surface area (Å²) in [6, 6.07) is 6.90. The molecule has 2 N–H and O–H groups in total. The van der Waals surface area contributed by atoms with Gasteiger partial charge in [-0.3, -0.25) is 0 Å². The van der Waals surface area contributed by atoms with Gasteiger partial charge in [-0.05, 0) is 29.5 Å². The fraction of sp³-hybridized carbons (Fsp3) is 0.176. The van der Waals surface area contributed by atoms with Crippen LogP contribution in [-0.4, -0.2) is 49.0 Å². The highest BCUT2D eigenvalue weighted by Gasteiger charge is 2.17. The zero-order valence-electron chi connectivity index (χ0n) is 15.3. The van der Waals surface area contributed by atoms with Gasteiger partial charge in [0.05, 0.1) is 13.3 Å². The molecule has 0 spiro atoms. The number of esters is 1. The molecule has 0 aliphatic carbocycles. The van der Waals surface area contributed by atoms with Crippen molar-refractivity contribution in [1.82, 2.24) is 29.6 Å². The summed E-state index contributed by atoms with van der Waals surface area (Å²) in [5, 5.41) is 15.9. The Hall–Kier alpha value is -3.57. The number of nitrogens with one attached hydrogen (secondary N) is 1. The molecule has 0 aliphatic heterocycles. The van der Waals surface area contributed by atoms with Crippen LogP contribution in [0.3, 0.4) is 0 Å². The molecule has 29 heavy (non-hydrogen) atoms. The molecule has 150 valence electrons. The molecule has 0 amide bonds. The minimum atomic E-state index is -1.24. The number of carbonyl (C=O) groups excluding carboxylic acids is 1. The Morgan fingerprint density at radius 3 is 2.79 bits per heavy atom. The van der Waals surface area contributed by atoms with Crippen LogP contribution in [0.2, 0.25) is 0 Å². The highest BCUT2D eigenvalue weighted by Crippen LogP contribution is 2.16. The Morgan fingerprint density at radius 1 is 1.31 bits per heavy atom. The first kappa shape index (κ1) is 20.2. The van der Waals surface area contributed by atoms with Crippen molar-refractivity contribution < 1.29 is 23.8 Å². The number of nitrogens with zero attached hydrogens (tertiary/aromatic N) is 5. The normalized spacial score (nSPS) is 10.6. The summed E-state index contributed by atoms with van der Waals surface area (Å²) >= 11 is 5.40. The molecular formula is C17H15ClN6O5. The molecule has 0 saturated carbocycles. The maximum absolute atomic E-state index is 11.4. The minimum absolute atomic E-state index is 0.0394. The van der Waals surface area contributed by atoms with Crippen LogP contribution in [-0.2, 0) is 11.3 Å². The molecule has 12 heteroatoms. The fourth-order valence-electron chi connectivity index (χ4n) is 2.46. The van der Waals surface area contributed by atoms with Crippen LogP contribution in [0.15, 0.2) is 34.9 Å². The number of rotatable bonds is 4. The van der Waals surface area contributed by atoms with Crippen LogP contribution < -0.4 is 4.84 Å². The number of aryl methyl sites for hydroxylation is 1. The fourth-order valence-corrected chi connectivity index (χ4v) is 2.61. The average molecular weight is 419 g/mol. The van der Waals surface area contributed by atoms with E-state index < -0.39 is 11.9 Å². The standard InChI is InChI=1S/C9H9ClN2O.C8H6N4O4/c1-6-12-8-4-7(5-11-10)2-3-9(8)13-6;1-16-8(15)5-2-4(7(13)14)10-6-3-9-11-12(5)6/h2-4,11H,5H2,1H3;2-3H,1H3,(H,13,14). The first-order valence-corrected chi connectivity index (χ1v) is 8.53. The van der Waals surface area contributed by atoms with Crippen LogP contribution in [0.25, 0.3) is 16.7 Å². The van der Waals surface area contributed by atoms with Gasteiger partial charge in [0.1, 0.15) is 5.52 Å². The molecule has 11 nitrogen and oxygen atoms in total. The van der Waals surface area contributed by atoms with Crippen molar-refractivity contribution in [2.45, 2.75) is 13.5 Å². The summed E-state index contributed by atoms with van der Waals surface area (Å²) < 4.78 is 10.9. The van der Waals surface area contributed by atoms with Crippen LogP contribution in [0, 0.1) is 6.92 Å². The maximum Gasteiger partial charge on any atom is 0.356 e. The van der Waals surface area contributed by atoms with Gasteiger partial charge in [0, 0.05) is 19.5 Å². The first-order valence-electron chi connectivity index (χ1n) is 8.15. The Kier molecular flexibility index (Phi) is 6.00. The number of hydrogen-bond donors (Lipinski definition) is 2. The van der Waals surface area contributed by atoms with Crippen LogP contribution >= 0.6 is 11.8 Å². The van der Waals surface area contributed by atoms with Gasteiger partial charge in [0.15, 0.2) is 28.5 Å². The Bertz CT molecular complexity index is 1190. The number of methoxy groups -OCH3 is 1. The molecule has 4 aromatic rings. The monoisotopic (exact) mass is 418 g/mol. The van der Waals surface area contributed by atoms with Gasteiger partial charge < -0.3 is 14.3 Å². The molecule has 0 radical (unpaired) electrons. The lowest BCUT2D eigenvalue weighted by Crippen LogP contribution is -2.13. The van der Waals surface area contributed by atoms with E-state index in [0.717, 1.165) is 27.2 Å². The van der Waals surface area contributed by atoms with Gasteiger partial charge in [0.2, 0.25) is 0 Å². The number of hydrogen-bond acceptors (Lipinski definition) is 9. The first-order chi connectivity index (χ1) is 13.9. The molecule has 0 aliphatic rings. The third-order valence-corrected chi connectivity index (χ3v) is 3.85. The Labute approximate surface area is 168 Å². The number of carboxylic acid groups (broad SMARTS) is 1. The van der Waals surface area contributed by atoms with E-state index in [0.29, 0.717) is 12.4 Å². The summed E-state index contributed by atoms with van der Waals surface area (Å²) in [4.78, 5) is 32.7. The van der Waals surface area contributed by atoms with E-state index in [9.17, 15) is 9.59 Å². The summed E-state index contributed by atoms with van der Waals surface area (Å²) in [6.07, 6.45) is 1.25. The number of carbonyl (C=O) groups is 2. The molecule has 0 bridgehead atoms. The molecule has 4 rings (SSSR count). The highest BCUT2D eigenvalue weighted by atomic mass is 35.5. The van der Waals surface area contributed by atoms with E-state index in [1.807, 2.05) is 25.1 Å². The molecule has 1 aromatic carbocycles. The highest BCUT2D eigenvalue weighted by molar-refractivity contribution is 6.13. The largest absolute Gasteiger partial charge is 0.477 e. The van der Waals surface area contributed by atoms with Crippen LogP contribution in [0.5, 0.6) is 0 Å². The summed E-state index contributed by atoms with van der Waals surface area (Å²) in [6.45, 7) is 2.46. The second kappa shape index (κ2) is 8.63. The van der Waals surface area contributed by atoms with Crippen molar-refractivity contribution >= 4 is 40.5 Å². The van der Waals surface area contributed by atoms with Gasteiger partial charge in [-0.1, -0.05) is 11.3 Å². The lowest BCUT2D eigenvalue weighted by molar-refractivity contribution is 0.0590. The molecule has 0 fully saturated rings. The van der Waals surface area contributed by atoms with Crippen molar-refractivity contribution in [2.24, 2.45) is 0 Å². The quantitative estimate of drug-likeness (QED) is 0.372. The van der Waals surface area contributed by atoms with Crippen LogP contribution in [0.4, 0.5) is 0 Å². The molecule has 3 aromatic heterocycles. The lowest BCUT2D eigenvalue weighted by Gasteiger charge is -2.02. The smallest absolute Gasteiger partial charge is 0.356 e. The van der Waals surface area contributed by atoms with E-state index in [4.69, 9.17) is 21.3 Å². The summed E-state index contributed by atoms with van der Waals surface area (Å²) in [5.41, 5.74) is 2.64. The van der Waals surface area contributed by atoms with E-state index in [2.05, 4.69) is 29.9 Å². The summed E-state index contributed by atoms with van der Waals surface area (Å²) in [5.74, 6) is -1.26. The van der Waals surface area contributed by atoms with E-state index in [1.165, 1.54) is 13.3 Å². The Balaban J connectivity index is 0.000000169. The second-order valence-corrected chi connectivity index (χ2v) is 5.94. The van der Waals surface area contributed by atoms with Gasteiger partial charge in [-0.25, -0.2) is 24.4 Å². The van der Waals surface area contributed by atoms with E-state index >= 15 is 0 Å². The molecule has 0 saturated heterocycles. The molecule has 0 unspecified atom stereocenters. The third-order valence-electron chi connectivity index (χ3n) is 3.71. The topological polar surface area (TPSA) is 145 Å². The number of benzene rings is 1. The van der Waals surface area contributed by atoms with Gasteiger partial charge >= 0.3 is 11.9 Å². The van der Waals surface area contributed by atoms with Gasteiger partial charge in [-0.2, -0.15) is 4.52 Å².